The van der Waals surface area contributed by atoms with Crippen molar-refractivity contribution >= 4 is 23.1 Å². The predicted octanol–water partition coefficient (Wildman–Crippen LogP) is 2.58. The number of piperidine rings is 3. The maximum absolute atomic E-state index is 13.4. The van der Waals surface area contributed by atoms with Crippen LogP contribution in [-0.2, 0) is 11.3 Å². The van der Waals surface area contributed by atoms with Crippen LogP contribution in [0, 0.1) is 5.92 Å². The van der Waals surface area contributed by atoms with Crippen LogP contribution in [0.4, 0.5) is 10.5 Å². The lowest BCUT2D eigenvalue weighted by molar-refractivity contribution is -0.946. The molecule has 3 aromatic rings. The highest BCUT2D eigenvalue weighted by molar-refractivity contribution is 7.07. The van der Waals surface area contributed by atoms with Gasteiger partial charge in [-0.05, 0) is 46.7 Å². The third kappa shape index (κ3) is 5.82. The average molecular weight is 544 g/mol. The summed E-state index contributed by atoms with van der Waals surface area (Å²) in [6, 6.07) is 21.9. The van der Waals surface area contributed by atoms with E-state index in [9.17, 15) is 4.79 Å². The molecule has 0 saturated carbocycles. The van der Waals surface area contributed by atoms with Gasteiger partial charge in [0.25, 0.3) is 0 Å². The van der Waals surface area contributed by atoms with Gasteiger partial charge in [0.15, 0.2) is 6.10 Å². The summed E-state index contributed by atoms with van der Waals surface area (Å²) in [6.45, 7) is 5.34. The number of hydrogen-bond donors (Lipinski definition) is 0. The highest BCUT2D eigenvalue weighted by Crippen LogP contribution is 2.36. The largest absolute Gasteiger partial charge is 1.00 e. The molecule has 1 amide bonds. The zero-order valence-corrected chi connectivity index (χ0v) is 21.6. The fraction of sp³-hybridized carbons (Fsp3) is 0.370. The second-order valence-electron chi connectivity index (χ2n) is 9.17. The first-order chi connectivity index (χ1) is 16.2. The summed E-state index contributed by atoms with van der Waals surface area (Å²) in [5.41, 5.74) is 1.99. The summed E-state index contributed by atoms with van der Waals surface area (Å²) in [6.07, 6.45) is 1.94. The van der Waals surface area contributed by atoms with Gasteiger partial charge in [0.2, 0.25) is 0 Å². The molecule has 0 aliphatic carbocycles. The SMILES string of the molecule is O=C(O[C@H]1C[N+]2(CCOc3ccccc3)CCC1CC2)N(Cc1ccsc1)c1ccccc1.[Br-]. The van der Waals surface area contributed by atoms with E-state index in [-0.39, 0.29) is 29.2 Å². The summed E-state index contributed by atoms with van der Waals surface area (Å²) >= 11 is 1.65. The van der Waals surface area contributed by atoms with Gasteiger partial charge in [-0.25, -0.2) is 4.79 Å². The highest BCUT2D eigenvalue weighted by atomic mass is 79.9. The van der Waals surface area contributed by atoms with Crippen LogP contribution in [0.2, 0.25) is 0 Å². The molecule has 1 aromatic heterocycles. The summed E-state index contributed by atoms with van der Waals surface area (Å²) in [7, 11) is 0. The Morgan fingerprint density at radius 3 is 2.38 bits per heavy atom. The third-order valence-corrected chi connectivity index (χ3v) is 7.81. The van der Waals surface area contributed by atoms with Crippen LogP contribution < -0.4 is 26.6 Å². The summed E-state index contributed by atoms with van der Waals surface area (Å²) in [4.78, 5) is 15.2. The Morgan fingerprint density at radius 1 is 1.00 bits per heavy atom. The Kier molecular flexibility index (Phi) is 8.29. The number of fused-ring (bicyclic) bond motifs is 3. The second-order valence-corrected chi connectivity index (χ2v) is 9.95. The molecule has 7 heteroatoms. The van der Waals surface area contributed by atoms with Crippen molar-refractivity contribution in [2.75, 3.05) is 37.7 Å². The number of rotatable bonds is 8. The first-order valence-electron chi connectivity index (χ1n) is 11.8. The Hall–Kier alpha value is -2.35. The number of para-hydroxylation sites is 2. The molecule has 34 heavy (non-hydrogen) atoms. The molecule has 1 atom stereocenters. The van der Waals surface area contributed by atoms with Gasteiger partial charge in [-0.2, -0.15) is 11.3 Å². The molecule has 3 aliphatic rings. The van der Waals surface area contributed by atoms with Gasteiger partial charge < -0.3 is 30.9 Å². The van der Waals surface area contributed by atoms with E-state index in [0.717, 1.165) is 60.5 Å². The first-order valence-corrected chi connectivity index (χ1v) is 12.7. The van der Waals surface area contributed by atoms with E-state index in [4.69, 9.17) is 9.47 Å². The van der Waals surface area contributed by atoms with Gasteiger partial charge in [0.1, 0.15) is 25.4 Å². The maximum atomic E-state index is 13.4. The zero-order valence-electron chi connectivity index (χ0n) is 19.2. The van der Waals surface area contributed by atoms with Crippen LogP contribution in [0.1, 0.15) is 18.4 Å². The number of benzene rings is 2. The lowest BCUT2D eigenvalue weighted by Gasteiger charge is -2.52. The number of anilines is 1. The molecular weight excluding hydrogens is 512 g/mol. The van der Waals surface area contributed by atoms with Gasteiger partial charge in [0, 0.05) is 24.4 Å². The van der Waals surface area contributed by atoms with Gasteiger partial charge in [-0.1, -0.05) is 36.4 Å². The Balaban J connectivity index is 0.00000274. The normalized spacial score (nSPS) is 23.1. The predicted molar refractivity (Wildman–Crippen MR) is 132 cm³/mol. The van der Waals surface area contributed by atoms with Crippen molar-refractivity contribution in [3.8, 4) is 5.75 Å². The summed E-state index contributed by atoms with van der Waals surface area (Å²) < 4.78 is 13.2. The van der Waals surface area contributed by atoms with Crippen molar-refractivity contribution in [1.29, 1.82) is 0 Å². The van der Waals surface area contributed by atoms with Crippen molar-refractivity contribution in [3.05, 3.63) is 83.1 Å². The lowest BCUT2D eigenvalue weighted by atomic mass is 9.83. The van der Waals surface area contributed by atoms with E-state index in [1.807, 2.05) is 66.0 Å². The molecule has 0 spiro atoms. The molecule has 3 fully saturated rings. The summed E-state index contributed by atoms with van der Waals surface area (Å²) in [5, 5.41) is 4.13. The molecular formula is C27H31BrN2O3S. The molecule has 5 nitrogen and oxygen atoms in total. The fourth-order valence-electron chi connectivity index (χ4n) is 5.17. The van der Waals surface area contributed by atoms with Crippen molar-refractivity contribution in [3.63, 3.8) is 0 Å². The number of carbonyl (C=O) groups is 1. The quantitative estimate of drug-likeness (QED) is 0.410. The van der Waals surface area contributed by atoms with Crippen molar-refractivity contribution in [1.82, 2.24) is 0 Å². The number of hydrogen-bond acceptors (Lipinski definition) is 4. The van der Waals surface area contributed by atoms with Gasteiger partial charge >= 0.3 is 6.09 Å². The van der Waals surface area contributed by atoms with Crippen molar-refractivity contribution in [2.24, 2.45) is 5.92 Å². The van der Waals surface area contributed by atoms with Crippen LogP contribution in [0.15, 0.2) is 77.5 Å². The first kappa shape index (κ1) is 24.8. The van der Waals surface area contributed by atoms with Crippen LogP contribution in [0.5, 0.6) is 5.75 Å². The van der Waals surface area contributed by atoms with E-state index < -0.39 is 0 Å². The lowest BCUT2D eigenvalue weighted by Crippen LogP contribution is -3.00. The second kappa shape index (κ2) is 11.4. The third-order valence-electron chi connectivity index (χ3n) is 7.08. The monoisotopic (exact) mass is 542 g/mol. The molecule has 0 N–H and O–H groups in total. The molecule has 3 saturated heterocycles. The Labute approximate surface area is 216 Å². The average Bonchev–Trinajstić information content (AvgIpc) is 3.38. The topological polar surface area (TPSA) is 38.8 Å². The maximum Gasteiger partial charge on any atom is 0.415 e. The van der Waals surface area contributed by atoms with E-state index in [1.165, 1.54) is 0 Å². The number of amides is 1. The smallest absolute Gasteiger partial charge is 0.415 e. The molecule has 0 unspecified atom stereocenters. The van der Waals surface area contributed by atoms with E-state index in [0.29, 0.717) is 19.1 Å². The molecule has 180 valence electrons. The van der Waals surface area contributed by atoms with Crippen LogP contribution >= 0.6 is 11.3 Å². The highest BCUT2D eigenvalue weighted by Gasteiger charge is 2.47. The molecule has 0 radical (unpaired) electrons. The van der Waals surface area contributed by atoms with Crippen LogP contribution in [0.25, 0.3) is 0 Å². The number of nitrogens with zero attached hydrogens (tertiary/aromatic N) is 2. The van der Waals surface area contributed by atoms with Crippen molar-refractivity contribution < 1.29 is 35.7 Å². The molecule has 2 bridgehead atoms. The summed E-state index contributed by atoms with van der Waals surface area (Å²) in [5.74, 6) is 1.38. The Morgan fingerprint density at radius 2 is 1.71 bits per heavy atom. The minimum absolute atomic E-state index is 0. The zero-order chi connectivity index (χ0) is 22.5. The van der Waals surface area contributed by atoms with Crippen LogP contribution in [-0.4, -0.2) is 49.5 Å². The molecule has 4 heterocycles. The fourth-order valence-corrected chi connectivity index (χ4v) is 5.83. The van der Waals surface area contributed by atoms with E-state index in [1.54, 1.807) is 16.2 Å². The number of carbonyl (C=O) groups excluding carboxylic acids is 1. The van der Waals surface area contributed by atoms with Crippen LogP contribution in [0.3, 0.4) is 0 Å². The van der Waals surface area contributed by atoms with Gasteiger partial charge in [-0.15, -0.1) is 0 Å². The van der Waals surface area contributed by atoms with Crippen molar-refractivity contribution in [2.45, 2.75) is 25.5 Å². The molecule has 2 aromatic carbocycles. The minimum atomic E-state index is -0.246. The number of quaternary nitrogens is 1. The molecule has 3 aliphatic heterocycles. The standard InChI is InChI=1S/C27H31N2O3S.BrH/c30-27(28(19-22-13-18-33-21-22)24-7-3-1-4-8-24)32-26-20-29(14-11-23(26)12-15-29)16-17-31-25-9-5-2-6-10-25;/h1-10,13,18,21,23,26H,11-12,14-17,19-20H2;1H/q+1;/p-1/t23?,26-,29?;/m0./s1. The van der Waals surface area contributed by atoms with E-state index >= 15 is 0 Å². The van der Waals surface area contributed by atoms with Gasteiger partial charge in [0.05, 0.1) is 19.6 Å². The van der Waals surface area contributed by atoms with E-state index in [2.05, 4.69) is 11.4 Å². The minimum Gasteiger partial charge on any atom is -1.00 e. The number of halogens is 1. The number of ether oxygens (including phenoxy) is 2. The molecule has 6 rings (SSSR count). The Bertz CT molecular complexity index is 1020. The van der Waals surface area contributed by atoms with Gasteiger partial charge in [-0.3, -0.25) is 4.90 Å². The number of thiophene rings is 1.